The molecule has 0 bridgehead atoms. The molecule has 13 aromatic carbocycles. The predicted molar refractivity (Wildman–Crippen MR) is 380 cm³/mol. The van der Waals surface area contributed by atoms with Crippen molar-refractivity contribution in [3.05, 3.63) is 412 Å². The van der Waals surface area contributed by atoms with Crippen LogP contribution in [0.5, 0.6) is 34.5 Å². The van der Waals surface area contributed by atoms with E-state index in [1.54, 1.807) is 112 Å². The summed E-state index contributed by atoms with van der Waals surface area (Å²) < 4.78 is 11.7. The van der Waals surface area contributed by atoms with Crippen LogP contribution in [0.2, 0.25) is 0 Å². The molecule has 3 heterocycles. The molecule has 13 aromatic rings. The van der Waals surface area contributed by atoms with Gasteiger partial charge in [-0.2, -0.15) is 0 Å². The number of benzene rings is 13. The van der Waals surface area contributed by atoms with E-state index in [-0.39, 0.29) is 63.3 Å². The first kappa shape index (κ1) is 62.5. The van der Waals surface area contributed by atoms with Gasteiger partial charge in [-0.15, -0.1) is 0 Å². The van der Waals surface area contributed by atoms with Crippen molar-refractivity contribution in [3.8, 4) is 34.5 Å². The van der Waals surface area contributed by atoms with Gasteiger partial charge in [-0.25, -0.2) is 9.59 Å². The smallest absolute Gasteiger partial charge is 0.343 e. The second-order valence-corrected chi connectivity index (χ2v) is 24.3. The first-order valence-electron chi connectivity index (χ1n) is 32.2. The van der Waals surface area contributed by atoms with Crippen molar-refractivity contribution in [3.63, 3.8) is 0 Å². The van der Waals surface area contributed by atoms with Crippen LogP contribution in [-0.2, 0) is 16.6 Å². The Bertz CT molecular complexity index is 4980. The van der Waals surface area contributed by atoms with Gasteiger partial charge < -0.3 is 29.9 Å². The van der Waals surface area contributed by atoms with Gasteiger partial charge in [0.1, 0.15) is 51.1 Å². The van der Waals surface area contributed by atoms with E-state index in [9.17, 15) is 44.4 Å². The lowest BCUT2D eigenvalue weighted by atomic mass is 9.76. The van der Waals surface area contributed by atoms with Crippen molar-refractivity contribution in [2.24, 2.45) is 0 Å². The van der Waals surface area contributed by atoms with Gasteiger partial charge >= 0.3 is 11.9 Å². The van der Waals surface area contributed by atoms with Crippen molar-refractivity contribution in [2.75, 3.05) is 14.7 Å². The number of anilines is 3. The third-order valence-corrected chi connectivity index (χ3v) is 18.8. The molecule has 0 radical (unpaired) electrons. The average Bonchev–Trinajstić information content (AvgIpc) is 1.55. The van der Waals surface area contributed by atoms with Crippen LogP contribution in [0.3, 0.4) is 0 Å². The van der Waals surface area contributed by atoms with Crippen molar-refractivity contribution in [1.82, 2.24) is 0 Å². The van der Waals surface area contributed by atoms with E-state index >= 15 is 0 Å². The van der Waals surface area contributed by atoms with Crippen molar-refractivity contribution in [2.45, 2.75) is 16.6 Å². The molecule has 0 aromatic heterocycles. The van der Waals surface area contributed by atoms with E-state index in [0.717, 1.165) is 55.8 Å². The maximum absolute atomic E-state index is 14.3. The number of aromatic hydroxyl groups is 4. The van der Waals surface area contributed by atoms with E-state index in [1.165, 1.54) is 24.3 Å². The number of hydrogen-bond acceptors (Lipinski definition) is 11. The number of hydrogen-bond donors (Lipinski definition) is 4. The minimum Gasteiger partial charge on any atom is -0.508 e. The van der Waals surface area contributed by atoms with E-state index < -0.39 is 28.6 Å². The molecular formula is C86H59N3O11. The van der Waals surface area contributed by atoms with Crippen LogP contribution >= 0.6 is 0 Å². The fourth-order valence-corrected chi connectivity index (χ4v) is 14.4. The molecule has 0 fully saturated rings. The number of ether oxygens (including phenoxy) is 2. The molecule has 0 aliphatic carbocycles. The van der Waals surface area contributed by atoms with Gasteiger partial charge in [-0.1, -0.05) is 182 Å². The highest BCUT2D eigenvalue weighted by Gasteiger charge is 2.56. The van der Waals surface area contributed by atoms with Gasteiger partial charge in [0, 0.05) is 33.8 Å². The summed E-state index contributed by atoms with van der Waals surface area (Å²) in [6, 6.07) is 98.4. The lowest BCUT2D eigenvalue weighted by Crippen LogP contribution is -2.46. The highest BCUT2D eigenvalue weighted by atomic mass is 16.5. The fourth-order valence-electron chi connectivity index (χ4n) is 14.4. The van der Waals surface area contributed by atoms with Crippen molar-refractivity contribution in [1.29, 1.82) is 0 Å². The van der Waals surface area contributed by atoms with E-state index in [2.05, 4.69) is 0 Å². The number of amides is 3. The normalized spacial score (nSPS) is 16.2. The molecule has 3 aliphatic rings. The summed E-state index contributed by atoms with van der Waals surface area (Å²) in [4.78, 5) is 74.8. The van der Waals surface area contributed by atoms with E-state index in [4.69, 9.17) is 9.47 Å². The monoisotopic (exact) mass is 1310 g/mol. The Morgan fingerprint density at radius 3 is 0.700 bits per heavy atom. The van der Waals surface area contributed by atoms with Crippen LogP contribution in [0.4, 0.5) is 17.1 Å². The number of phenols is 4. The molecule has 3 amide bonds. The van der Waals surface area contributed by atoms with Crippen LogP contribution in [0.1, 0.15) is 102 Å². The number of phenolic OH excluding ortho intramolecular Hbond substituents is 4. The number of nitrogens with zero attached hydrogens (tertiary/aromatic N) is 3. The Morgan fingerprint density at radius 2 is 0.460 bits per heavy atom. The van der Waals surface area contributed by atoms with Gasteiger partial charge in [0.05, 0.1) is 11.1 Å². The van der Waals surface area contributed by atoms with Crippen molar-refractivity contribution >= 4 is 46.7 Å². The fraction of sp³-hybridized carbons (Fsp3) is 0.0349. The molecule has 2 atom stereocenters. The number of carbonyl (C=O) groups excluding carboxylic acids is 5. The van der Waals surface area contributed by atoms with Crippen LogP contribution < -0.4 is 24.2 Å². The standard InChI is InChI=1S/C60H40N2O8.C26H19NO3/c63-47-31-23-41(24-32-47)59(53-17-9-7-15-51(53)55(65)61(59)45-11-3-1-4-12-45)43-27-35-49(36-28-43)69-57(67)39-19-21-40(22-20-39)58(68)70-50-37-29-44(30-38-50)60(42-25-33-48(64)34-26-42)54-18-10-8-16-52(54)56(66)62(60)46-13-5-2-6-14-46;28-21-14-10-18(11-15-21)26(19-12-16-22(29)17-13-19)24-9-5-4-8-23(24)25(30)27(26)20-6-2-1-3-7-20/h1-38,63-64H;1-17,28-29H. The minimum atomic E-state index is -1.14. The minimum absolute atomic E-state index is 0.0872. The van der Waals surface area contributed by atoms with Crippen LogP contribution in [-0.4, -0.2) is 50.1 Å². The molecule has 484 valence electrons. The summed E-state index contributed by atoms with van der Waals surface area (Å²) in [5, 5.41) is 40.4. The van der Waals surface area contributed by atoms with Crippen LogP contribution in [0.25, 0.3) is 0 Å². The summed E-state index contributed by atoms with van der Waals surface area (Å²) in [6.45, 7) is 0. The maximum atomic E-state index is 14.3. The molecule has 16 rings (SSSR count). The lowest BCUT2D eigenvalue weighted by molar-refractivity contribution is 0.0720. The maximum Gasteiger partial charge on any atom is 0.343 e. The SMILES string of the molecule is O=C(Oc1ccc(C2(c3ccc(O)cc3)c3ccccc3C(=O)N2c2ccccc2)cc1)c1ccc(C(=O)Oc2ccc(C3(c4ccc(O)cc4)c4ccccc4C(=O)N3c3ccccc3)cc2)cc1.O=C1c2ccccc2C(c2ccc(O)cc2)(c2ccc(O)cc2)N1c1ccccc1. The Balaban J connectivity index is 0.000000225. The van der Waals surface area contributed by atoms with Gasteiger partial charge in [0.15, 0.2) is 0 Å². The zero-order valence-corrected chi connectivity index (χ0v) is 53.2. The highest BCUT2D eigenvalue weighted by Crippen LogP contribution is 2.55. The zero-order chi connectivity index (χ0) is 68.7. The largest absolute Gasteiger partial charge is 0.508 e. The van der Waals surface area contributed by atoms with Gasteiger partial charge in [0.2, 0.25) is 0 Å². The zero-order valence-electron chi connectivity index (χ0n) is 53.2. The second kappa shape index (κ2) is 25.5. The molecular weight excluding hydrogens is 1250 g/mol. The number of esters is 2. The van der Waals surface area contributed by atoms with E-state index in [1.807, 2.05) is 212 Å². The third-order valence-electron chi connectivity index (χ3n) is 18.8. The number of para-hydroxylation sites is 3. The Labute approximate surface area is 575 Å². The molecule has 4 N–H and O–H groups in total. The quantitative estimate of drug-likeness (QED) is 0.0634. The second-order valence-electron chi connectivity index (χ2n) is 24.3. The summed E-state index contributed by atoms with van der Waals surface area (Å²) in [5.41, 5.74) is 8.00. The molecule has 0 spiro atoms. The summed E-state index contributed by atoms with van der Waals surface area (Å²) in [7, 11) is 0. The van der Waals surface area contributed by atoms with Gasteiger partial charge in [-0.05, 0) is 202 Å². The Hall–Kier alpha value is -13.6. The molecule has 0 saturated heterocycles. The Kier molecular flexibility index (Phi) is 16.0. The Morgan fingerprint density at radius 1 is 0.250 bits per heavy atom. The molecule has 14 nitrogen and oxygen atoms in total. The number of rotatable bonds is 13. The third kappa shape index (κ3) is 10.4. The summed E-state index contributed by atoms with van der Waals surface area (Å²) >= 11 is 0. The highest BCUT2D eigenvalue weighted by molar-refractivity contribution is 6.16. The van der Waals surface area contributed by atoms with Gasteiger partial charge in [0.25, 0.3) is 17.7 Å². The number of carbonyl (C=O) groups is 5. The summed E-state index contributed by atoms with van der Waals surface area (Å²) in [5.74, 6) is -0.764. The summed E-state index contributed by atoms with van der Waals surface area (Å²) in [6.07, 6.45) is 0. The van der Waals surface area contributed by atoms with Crippen LogP contribution in [0, 0.1) is 0 Å². The lowest BCUT2D eigenvalue weighted by Gasteiger charge is -2.40. The van der Waals surface area contributed by atoms with Crippen molar-refractivity contribution < 1.29 is 53.9 Å². The first-order valence-corrected chi connectivity index (χ1v) is 32.2. The molecule has 100 heavy (non-hydrogen) atoms. The predicted octanol–water partition coefficient (Wildman–Crippen LogP) is 16.5. The topological polar surface area (TPSA) is 194 Å². The number of fused-ring (bicyclic) bond motifs is 3. The van der Waals surface area contributed by atoms with Gasteiger partial charge in [-0.3, -0.25) is 29.1 Å². The molecule has 0 saturated carbocycles. The van der Waals surface area contributed by atoms with E-state index in [0.29, 0.717) is 28.1 Å². The molecule has 2 unspecified atom stereocenters. The average molecular weight is 1310 g/mol. The molecule has 14 heteroatoms. The van der Waals surface area contributed by atoms with Crippen LogP contribution in [0.15, 0.2) is 334 Å². The molecule has 3 aliphatic heterocycles. The first-order chi connectivity index (χ1) is 48.8.